The monoisotopic (exact) mass is 298 g/mol. The Bertz CT molecular complexity index is 605. The van der Waals surface area contributed by atoms with E-state index in [4.69, 9.17) is 22.1 Å². The highest BCUT2D eigenvalue weighted by Crippen LogP contribution is 2.28. The second kappa shape index (κ2) is 5.09. The number of anilines is 1. The van der Waals surface area contributed by atoms with Crippen molar-refractivity contribution in [1.29, 1.82) is 0 Å². The first-order valence-electron chi connectivity index (χ1n) is 6.20. The molecule has 1 aromatic rings. The minimum atomic E-state index is -0.795. The molecule has 0 amide bonds. The summed E-state index contributed by atoms with van der Waals surface area (Å²) in [7, 11) is 0. The Labute approximate surface area is 119 Å². The normalized spacial score (nSPS) is 28.7. The summed E-state index contributed by atoms with van der Waals surface area (Å²) < 4.78 is 6.79. The van der Waals surface area contributed by atoms with Crippen LogP contribution >= 0.6 is 12.2 Å². The number of aliphatic hydroxyl groups is 2. The van der Waals surface area contributed by atoms with Crippen LogP contribution in [0.1, 0.15) is 18.2 Å². The predicted octanol–water partition coefficient (Wildman–Crippen LogP) is -1.32. The molecular weight excluding hydrogens is 284 g/mol. The Morgan fingerprint density at radius 1 is 1.60 bits per heavy atom. The number of thiocarbonyl (C=S) groups is 1. The number of aliphatic hydroxyl groups excluding tert-OH is 2. The highest BCUT2D eigenvalue weighted by Gasteiger charge is 2.35. The summed E-state index contributed by atoms with van der Waals surface area (Å²) in [6.07, 6.45) is -0.223. The quantitative estimate of drug-likeness (QED) is 0.498. The third-order valence-corrected chi connectivity index (χ3v) is 3.64. The van der Waals surface area contributed by atoms with E-state index < -0.39 is 24.1 Å². The van der Waals surface area contributed by atoms with Crippen LogP contribution < -0.4 is 16.3 Å². The largest absolute Gasteiger partial charge is 0.394 e. The second-order valence-corrected chi connectivity index (χ2v) is 5.14. The number of fused-ring (bicyclic) bond motifs is 1. The number of aromatic nitrogens is 2. The maximum absolute atomic E-state index is 12.0. The topological polar surface area (TPSA) is 109 Å². The van der Waals surface area contributed by atoms with Gasteiger partial charge >= 0.3 is 5.69 Å². The Hall–Kier alpha value is -1.55. The van der Waals surface area contributed by atoms with Crippen molar-refractivity contribution in [2.24, 2.45) is 0 Å². The molecule has 2 aliphatic heterocycles. The lowest BCUT2D eigenvalue weighted by Gasteiger charge is -2.22. The molecule has 0 radical (unpaired) electrons. The van der Waals surface area contributed by atoms with Gasteiger partial charge in [-0.25, -0.2) is 4.79 Å². The Morgan fingerprint density at radius 3 is 3.10 bits per heavy atom. The summed E-state index contributed by atoms with van der Waals surface area (Å²) >= 11 is 4.96. The van der Waals surface area contributed by atoms with Crippen LogP contribution in [0.5, 0.6) is 0 Å². The minimum absolute atomic E-state index is 0.241. The van der Waals surface area contributed by atoms with Crippen LogP contribution in [0.3, 0.4) is 0 Å². The molecule has 20 heavy (non-hydrogen) atoms. The van der Waals surface area contributed by atoms with Gasteiger partial charge in [0.25, 0.3) is 0 Å². The van der Waals surface area contributed by atoms with Gasteiger partial charge in [0, 0.05) is 24.7 Å². The first-order valence-corrected chi connectivity index (χ1v) is 6.60. The molecule has 1 fully saturated rings. The molecule has 0 saturated carbocycles. The lowest BCUT2D eigenvalue weighted by atomic mass is 10.2. The van der Waals surface area contributed by atoms with Crippen LogP contribution in [-0.4, -0.2) is 43.7 Å². The van der Waals surface area contributed by atoms with Gasteiger partial charge in [0.05, 0.1) is 12.7 Å². The second-order valence-electron chi connectivity index (χ2n) is 4.73. The van der Waals surface area contributed by atoms with Crippen LogP contribution in [0, 0.1) is 0 Å². The van der Waals surface area contributed by atoms with Crippen LogP contribution in [0.4, 0.5) is 5.82 Å². The molecule has 1 saturated heterocycles. The van der Waals surface area contributed by atoms with Crippen molar-refractivity contribution in [3.05, 3.63) is 22.2 Å². The van der Waals surface area contributed by atoms with E-state index >= 15 is 0 Å². The molecular formula is C11H14N4O4S. The third-order valence-electron chi connectivity index (χ3n) is 3.39. The van der Waals surface area contributed by atoms with Crippen LogP contribution in [0.2, 0.25) is 0 Å². The molecule has 0 spiro atoms. The molecule has 2 aliphatic rings. The zero-order valence-electron chi connectivity index (χ0n) is 10.4. The van der Waals surface area contributed by atoms with Crippen molar-refractivity contribution >= 4 is 23.1 Å². The Balaban J connectivity index is 1.92. The zero-order chi connectivity index (χ0) is 14.3. The molecule has 108 valence electrons. The summed E-state index contributed by atoms with van der Waals surface area (Å²) in [5, 5.41) is 25.0. The molecule has 3 atom stereocenters. The summed E-state index contributed by atoms with van der Waals surface area (Å²) in [4.78, 5) is 15.9. The predicted molar refractivity (Wildman–Crippen MR) is 73.2 cm³/mol. The van der Waals surface area contributed by atoms with E-state index in [0.29, 0.717) is 17.5 Å². The van der Waals surface area contributed by atoms with E-state index in [1.807, 2.05) is 0 Å². The average Bonchev–Trinajstić information content (AvgIpc) is 2.79. The molecule has 0 aliphatic carbocycles. The van der Waals surface area contributed by atoms with Crippen molar-refractivity contribution in [3.8, 4) is 0 Å². The van der Waals surface area contributed by atoms with Crippen molar-refractivity contribution in [3.63, 3.8) is 0 Å². The smallest absolute Gasteiger partial charge is 0.351 e. The van der Waals surface area contributed by atoms with Gasteiger partial charge in [-0.1, -0.05) is 0 Å². The summed E-state index contributed by atoms with van der Waals surface area (Å²) in [5.74, 6) is 0.437. The number of nitrogens with one attached hydrogen (secondary N) is 2. The van der Waals surface area contributed by atoms with Gasteiger partial charge < -0.3 is 25.6 Å². The van der Waals surface area contributed by atoms with Crippen LogP contribution in [0.15, 0.2) is 11.0 Å². The number of nitrogens with zero attached hydrogens (tertiary/aromatic N) is 2. The maximum atomic E-state index is 12.0. The molecule has 4 N–H and O–H groups in total. The van der Waals surface area contributed by atoms with Gasteiger partial charge in [-0.2, -0.15) is 4.98 Å². The third kappa shape index (κ3) is 2.29. The highest BCUT2D eigenvalue weighted by atomic mass is 32.1. The van der Waals surface area contributed by atoms with Gasteiger partial charge in [0.15, 0.2) is 5.11 Å². The average molecular weight is 298 g/mol. The minimum Gasteiger partial charge on any atom is -0.394 e. The van der Waals surface area contributed by atoms with Crippen molar-refractivity contribution in [2.45, 2.75) is 31.4 Å². The Kier molecular flexibility index (Phi) is 3.42. The van der Waals surface area contributed by atoms with Gasteiger partial charge in [0.1, 0.15) is 18.1 Å². The fraction of sp³-hybridized carbons (Fsp3) is 0.545. The van der Waals surface area contributed by atoms with E-state index in [0.717, 1.165) is 5.56 Å². The highest BCUT2D eigenvalue weighted by molar-refractivity contribution is 7.80. The van der Waals surface area contributed by atoms with Gasteiger partial charge in [0.2, 0.25) is 0 Å². The molecule has 1 aromatic heterocycles. The lowest BCUT2D eigenvalue weighted by Crippen LogP contribution is -2.37. The molecule has 9 heteroatoms. The molecule has 0 bridgehead atoms. The standard InChI is InChI=1S/C11H14N4O4S/c16-4-7-6(17)1-8(19-7)15-3-5-2-12-10(20)13-9(5)14-11(15)18/h3,6-8,16-17H,1-2,4H2,(H2,12,13,14,18,20)/t6-,7+,8+/m0/s1. The fourth-order valence-corrected chi connectivity index (χ4v) is 2.50. The number of rotatable bonds is 2. The van der Waals surface area contributed by atoms with Crippen LogP contribution in [-0.2, 0) is 11.3 Å². The van der Waals surface area contributed by atoms with Crippen molar-refractivity contribution in [2.75, 3.05) is 11.9 Å². The SMILES string of the molecule is O=c1nc2c(cn1[C@H]1C[C@H](O)[C@@H](CO)O1)CNC(=S)N2. The number of hydrogen-bond donors (Lipinski definition) is 4. The number of ether oxygens (including phenoxy) is 1. The van der Waals surface area contributed by atoms with E-state index in [-0.39, 0.29) is 13.0 Å². The van der Waals surface area contributed by atoms with Crippen LogP contribution in [0.25, 0.3) is 0 Å². The molecule has 8 nitrogen and oxygen atoms in total. The van der Waals surface area contributed by atoms with Crippen molar-refractivity contribution < 1.29 is 14.9 Å². The van der Waals surface area contributed by atoms with E-state index in [2.05, 4.69) is 15.6 Å². The van der Waals surface area contributed by atoms with E-state index in [9.17, 15) is 9.90 Å². The number of hydrogen-bond acceptors (Lipinski definition) is 6. The first kappa shape index (κ1) is 13.4. The van der Waals surface area contributed by atoms with Gasteiger partial charge in [-0.15, -0.1) is 0 Å². The first-order chi connectivity index (χ1) is 9.58. The van der Waals surface area contributed by atoms with Gasteiger partial charge in [-0.05, 0) is 12.2 Å². The molecule has 0 unspecified atom stereocenters. The fourth-order valence-electron chi connectivity index (χ4n) is 2.33. The van der Waals surface area contributed by atoms with Crippen molar-refractivity contribution in [1.82, 2.24) is 14.9 Å². The summed E-state index contributed by atoms with van der Waals surface area (Å²) in [6.45, 7) is 0.176. The maximum Gasteiger partial charge on any atom is 0.351 e. The van der Waals surface area contributed by atoms with E-state index in [1.54, 1.807) is 6.20 Å². The molecule has 3 heterocycles. The summed E-state index contributed by atoms with van der Waals surface area (Å²) in [5.41, 5.74) is 0.292. The van der Waals surface area contributed by atoms with Gasteiger partial charge in [-0.3, -0.25) is 4.57 Å². The van der Waals surface area contributed by atoms with E-state index in [1.165, 1.54) is 4.57 Å². The summed E-state index contributed by atoms with van der Waals surface area (Å²) in [6, 6.07) is 0. The zero-order valence-corrected chi connectivity index (χ0v) is 11.3. The Morgan fingerprint density at radius 2 is 2.40 bits per heavy atom. The lowest BCUT2D eigenvalue weighted by molar-refractivity contribution is -0.0459. The molecule has 0 aromatic carbocycles. The molecule has 3 rings (SSSR count).